The maximum Gasteiger partial charge on any atom is 0.358 e. The van der Waals surface area contributed by atoms with Gasteiger partial charge in [0, 0.05) is 0 Å². The summed E-state index contributed by atoms with van der Waals surface area (Å²) in [6, 6.07) is 17.0. The van der Waals surface area contributed by atoms with Crippen molar-refractivity contribution in [3.05, 3.63) is 72.1 Å². The van der Waals surface area contributed by atoms with Gasteiger partial charge in [-0.3, -0.25) is 0 Å². The molecule has 1 heterocycles. The van der Waals surface area contributed by atoms with Gasteiger partial charge in [0.1, 0.15) is 12.4 Å². The number of carboxylic acids is 1. The van der Waals surface area contributed by atoms with Gasteiger partial charge in [-0.25, -0.2) is 4.79 Å². The van der Waals surface area contributed by atoms with E-state index in [2.05, 4.69) is 10.2 Å². The molecule has 6 nitrogen and oxygen atoms in total. The monoisotopic (exact) mass is 295 g/mol. The second kappa shape index (κ2) is 6.09. The fraction of sp³-hybridized carbons (Fsp3) is 0.0625. The fourth-order valence-electron chi connectivity index (χ4n) is 1.90. The molecule has 0 saturated heterocycles. The van der Waals surface area contributed by atoms with Crippen LogP contribution >= 0.6 is 0 Å². The highest BCUT2D eigenvalue weighted by Gasteiger charge is 2.09. The summed E-state index contributed by atoms with van der Waals surface area (Å²) in [6.45, 7) is 0.489. The first-order valence-electron chi connectivity index (χ1n) is 6.65. The highest BCUT2D eigenvalue weighted by molar-refractivity contribution is 5.84. The van der Waals surface area contributed by atoms with Crippen LogP contribution in [0.4, 0.5) is 0 Å². The minimum absolute atomic E-state index is 0.0931. The topological polar surface area (TPSA) is 77.2 Å². The van der Waals surface area contributed by atoms with Gasteiger partial charge in [-0.05, 0) is 29.8 Å². The molecular formula is C16H13N3O3. The lowest BCUT2D eigenvalue weighted by atomic mass is 10.2. The molecule has 2 aromatic carbocycles. The number of carbonyl (C=O) groups is 1. The first kappa shape index (κ1) is 13.8. The van der Waals surface area contributed by atoms with Crippen molar-refractivity contribution < 1.29 is 14.6 Å². The van der Waals surface area contributed by atoms with E-state index in [-0.39, 0.29) is 5.69 Å². The Labute approximate surface area is 126 Å². The van der Waals surface area contributed by atoms with Crippen LogP contribution in [0.15, 0.2) is 60.8 Å². The zero-order chi connectivity index (χ0) is 15.4. The summed E-state index contributed by atoms with van der Waals surface area (Å²) in [5, 5.41) is 16.6. The van der Waals surface area contributed by atoms with E-state index in [9.17, 15) is 4.79 Å². The molecule has 0 spiro atoms. The predicted molar refractivity (Wildman–Crippen MR) is 79.1 cm³/mol. The second-order valence-electron chi connectivity index (χ2n) is 4.59. The molecular weight excluding hydrogens is 282 g/mol. The van der Waals surface area contributed by atoms with E-state index in [1.54, 1.807) is 24.3 Å². The normalized spacial score (nSPS) is 10.4. The lowest BCUT2D eigenvalue weighted by molar-refractivity contribution is 0.0690. The van der Waals surface area contributed by atoms with Crippen molar-refractivity contribution in [2.75, 3.05) is 0 Å². The second-order valence-corrected chi connectivity index (χ2v) is 4.59. The molecule has 0 saturated carbocycles. The Morgan fingerprint density at radius 2 is 1.82 bits per heavy atom. The molecule has 3 rings (SSSR count). The van der Waals surface area contributed by atoms with Gasteiger partial charge in [0.15, 0.2) is 5.69 Å². The van der Waals surface area contributed by atoms with Crippen LogP contribution in [0, 0.1) is 0 Å². The van der Waals surface area contributed by atoms with Gasteiger partial charge in [0.2, 0.25) is 0 Å². The van der Waals surface area contributed by atoms with E-state index in [0.717, 1.165) is 11.3 Å². The number of hydrogen-bond acceptors (Lipinski definition) is 4. The predicted octanol–water partition coefficient (Wildman–Crippen LogP) is 2.54. The van der Waals surface area contributed by atoms with E-state index in [1.807, 2.05) is 30.3 Å². The third-order valence-corrected chi connectivity index (χ3v) is 3.03. The van der Waals surface area contributed by atoms with Crippen LogP contribution in [-0.4, -0.2) is 26.1 Å². The van der Waals surface area contributed by atoms with E-state index in [1.165, 1.54) is 11.0 Å². The van der Waals surface area contributed by atoms with Crippen molar-refractivity contribution in [1.29, 1.82) is 0 Å². The summed E-state index contributed by atoms with van der Waals surface area (Å²) in [5.41, 5.74) is 1.66. The van der Waals surface area contributed by atoms with Crippen LogP contribution in [0.1, 0.15) is 16.1 Å². The van der Waals surface area contributed by atoms with E-state index in [0.29, 0.717) is 12.3 Å². The fourth-order valence-corrected chi connectivity index (χ4v) is 1.90. The Bertz CT molecular complexity index is 767. The molecule has 6 heteroatoms. The summed E-state index contributed by atoms with van der Waals surface area (Å²) in [6.07, 6.45) is 1.21. The van der Waals surface area contributed by atoms with Gasteiger partial charge in [0.05, 0.1) is 11.9 Å². The smallest absolute Gasteiger partial charge is 0.358 e. The van der Waals surface area contributed by atoms with Crippen molar-refractivity contribution in [3.8, 4) is 11.4 Å². The quantitative estimate of drug-likeness (QED) is 0.782. The molecule has 3 aromatic rings. The van der Waals surface area contributed by atoms with Gasteiger partial charge in [-0.15, -0.1) is 5.10 Å². The van der Waals surface area contributed by atoms with Crippen molar-refractivity contribution >= 4 is 5.97 Å². The molecule has 1 aromatic heterocycles. The molecule has 0 unspecified atom stereocenters. The molecule has 0 aliphatic rings. The molecule has 0 aliphatic heterocycles. The standard InChI is InChI=1S/C16H13N3O3/c20-16(21)15-10-17-19(18-15)13-6-8-14(9-7-13)22-11-12-4-2-1-3-5-12/h1-10H,11H2,(H,20,21). The summed E-state index contributed by atoms with van der Waals surface area (Å²) in [7, 11) is 0. The van der Waals surface area contributed by atoms with Gasteiger partial charge < -0.3 is 9.84 Å². The highest BCUT2D eigenvalue weighted by Crippen LogP contribution is 2.16. The summed E-state index contributed by atoms with van der Waals surface area (Å²) < 4.78 is 5.68. The number of rotatable bonds is 5. The van der Waals surface area contributed by atoms with E-state index in [4.69, 9.17) is 9.84 Å². The molecule has 22 heavy (non-hydrogen) atoms. The lowest BCUT2D eigenvalue weighted by Gasteiger charge is -2.07. The molecule has 0 fully saturated rings. The number of benzene rings is 2. The Morgan fingerprint density at radius 3 is 2.45 bits per heavy atom. The molecule has 0 bridgehead atoms. The van der Waals surface area contributed by atoms with Crippen LogP contribution < -0.4 is 4.74 Å². The first-order chi connectivity index (χ1) is 10.7. The van der Waals surface area contributed by atoms with Crippen LogP contribution in [0.25, 0.3) is 5.69 Å². The van der Waals surface area contributed by atoms with Gasteiger partial charge >= 0.3 is 5.97 Å². The average Bonchev–Trinajstić information content (AvgIpc) is 3.05. The summed E-state index contributed by atoms with van der Waals surface area (Å²) in [4.78, 5) is 12.1. The molecule has 0 radical (unpaired) electrons. The number of hydrogen-bond donors (Lipinski definition) is 1. The van der Waals surface area contributed by atoms with Crippen molar-refractivity contribution in [3.63, 3.8) is 0 Å². The maximum atomic E-state index is 10.8. The van der Waals surface area contributed by atoms with Crippen molar-refractivity contribution in [1.82, 2.24) is 15.0 Å². The first-order valence-corrected chi connectivity index (χ1v) is 6.65. The Morgan fingerprint density at radius 1 is 1.09 bits per heavy atom. The lowest BCUT2D eigenvalue weighted by Crippen LogP contribution is -2.02. The molecule has 0 aliphatic carbocycles. The van der Waals surface area contributed by atoms with Crippen LogP contribution in [0.2, 0.25) is 0 Å². The van der Waals surface area contributed by atoms with Crippen LogP contribution in [0.5, 0.6) is 5.75 Å². The van der Waals surface area contributed by atoms with Gasteiger partial charge in [0.25, 0.3) is 0 Å². The molecule has 0 amide bonds. The largest absolute Gasteiger partial charge is 0.489 e. The minimum Gasteiger partial charge on any atom is -0.489 e. The molecule has 0 atom stereocenters. The number of ether oxygens (including phenoxy) is 1. The highest BCUT2D eigenvalue weighted by atomic mass is 16.5. The number of carboxylic acid groups (broad SMARTS) is 1. The summed E-state index contributed by atoms with van der Waals surface area (Å²) in [5.74, 6) is -0.382. The number of nitrogens with zero attached hydrogens (tertiary/aromatic N) is 3. The number of aromatic nitrogens is 3. The Hall–Kier alpha value is -3.15. The Kier molecular flexibility index (Phi) is 3.82. The van der Waals surface area contributed by atoms with Crippen LogP contribution in [0.3, 0.4) is 0 Å². The van der Waals surface area contributed by atoms with Crippen LogP contribution in [-0.2, 0) is 6.61 Å². The zero-order valence-corrected chi connectivity index (χ0v) is 11.6. The Balaban J connectivity index is 1.68. The molecule has 1 N–H and O–H groups in total. The number of aromatic carboxylic acids is 1. The minimum atomic E-state index is -1.10. The van der Waals surface area contributed by atoms with Gasteiger partial charge in [-0.1, -0.05) is 30.3 Å². The molecule has 110 valence electrons. The third-order valence-electron chi connectivity index (χ3n) is 3.03. The van der Waals surface area contributed by atoms with E-state index < -0.39 is 5.97 Å². The zero-order valence-electron chi connectivity index (χ0n) is 11.6. The van der Waals surface area contributed by atoms with E-state index >= 15 is 0 Å². The van der Waals surface area contributed by atoms with Crippen molar-refractivity contribution in [2.24, 2.45) is 0 Å². The average molecular weight is 295 g/mol. The van der Waals surface area contributed by atoms with Crippen molar-refractivity contribution in [2.45, 2.75) is 6.61 Å². The third kappa shape index (κ3) is 3.12. The summed E-state index contributed by atoms with van der Waals surface area (Å²) >= 11 is 0. The maximum absolute atomic E-state index is 10.8. The van der Waals surface area contributed by atoms with Gasteiger partial charge in [-0.2, -0.15) is 9.90 Å². The SMILES string of the molecule is O=C(O)c1cnn(-c2ccc(OCc3ccccc3)cc2)n1.